The molecule has 130 valence electrons. The summed E-state index contributed by atoms with van der Waals surface area (Å²) in [6, 6.07) is 15.5. The number of hydrogen-bond acceptors (Lipinski definition) is 4. The van der Waals surface area contributed by atoms with Gasteiger partial charge in [0, 0.05) is 30.6 Å². The smallest absolute Gasteiger partial charge is 0.175 e. The van der Waals surface area contributed by atoms with Gasteiger partial charge in [0.25, 0.3) is 0 Å². The number of rotatable bonds is 4. The zero-order chi connectivity index (χ0) is 18.2. The number of aromatic nitrogens is 1. The molecule has 0 saturated heterocycles. The van der Waals surface area contributed by atoms with Crippen molar-refractivity contribution in [3.63, 3.8) is 0 Å². The predicted octanol–water partition coefficient (Wildman–Crippen LogP) is 4.14. The monoisotopic (exact) mass is 354 g/mol. The normalized spacial score (nSPS) is 13.0. The SMILES string of the molecule is Cc1ccc2nccc(N(C)C(C)c3ccc(S(C)(=O)=O)cc3)c2c1. The lowest BCUT2D eigenvalue weighted by atomic mass is 10.0. The first kappa shape index (κ1) is 17.4. The fourth-order valence-corrected chi connectivity index (χ4v) is 3.61. The Kier molecular flexibility index (Phi) is 4.52. The molecule has 3 aromatic rings. The van der Waals surface area contributed by atoms with Crippen molar-refractivity contribution < 1.29 is 8.42 Å². The van der Waals surface area contributed by atoms with Crippen LogP contribution in [0, 0.1) is 6.92 Å². The number of pyridine rings is 1. The maximum atomic E-state index is 11.6. The summed E-state index contributed by atoms with van der Waals surface area (Å²) >= 11 is 0. The lowest BCUT2D eigenvalue weighted by Crippen LogP contribution is -2.22. The van der Waals surface area contributed by atoms with Crippen LogP contribution in [0.4, 0.5) is 5.69 Å². The van der Waals surface area contributed by atoms with Crippen LogP contribution >= 0.6 is 0 Å². The number of anilines is 1. The second kappa shape index (κ2) is 6.48. The highest BCUT2D eigenvalue weighted by atomic mass is 32.2. The summed E-state index contributed by atoms with van der Waals surface area (Å²) < 4.78 is 23.3. The minimum Gasteiger partial charge on any atom is -0.367 e. The summed E-state index contributed by atoms with van der Waals surface area (Å²) in [5, 5.41) is 1.12. The molecule has 0 radical (unpaired) electrons. The van der Waals surface area contributed by atoms with Crippen molar-refractivity contribution in [3.05, 3.63) is 65.9 Å². The van der Waals surface area contributed by atoms with Crippen LogP contribution in [0.5, 0.6) is 0 Å². The Morgan fingerprint density at radius 3 is 2.36 bits per heavy atom. The molecule has 4 nitrogen and oxygen atoms in total. The number of benzene rings is 2. The summed E-state index contributed by atoms with van der Waals surface area (Å²) in [5.41, 5.74) is 4.33. The standard InChI is InChI=1S/C20H22N2O2S/c1-14-5-10-19-18(13-14)20(11-12-21-19)22(3)15(2)16-6-8-17(9-7-16)25(4,23)24/h5-13,15H,1-4H3. The van der Waals surface area contributed by atoms with Gasteiger partial charge in [-0.1, -0.05) is 23.8 Å². The van der Waals surface area contributed by atoms with E-state index in [1.807, 2.05) is 37.5 Å². The van der Waals surface area contributed by atoms with E-state index in [0.717, 1.165) is 22.2 Å². The molecule has 0 N–H and O–H groups in total. The van der Waals surface area contributed by atoms with E-state index in [1.54, 1.807) is 12.1 Å². The van der Waals surface area contributed by atoms with Gasteiger partial charge in [-0.15, -0.1) is 0 Å². The molecule has 1 heterocycles. The van der Waals surface area contributed by atoms with E-state index in [1.165, 1.54) is 11.8 Å². The third-order valence-corrected chi connectivity index (χ3v) is 5.75. The molecule has 2 aromatic carbocycles. The van der Waals surface area contributed by atoms with Gasteiger partial charge in [-0.25, -0.2) is 8.42 Å². The van der Waals surface area contributed by atoms with Gasteiger partial charge in [0.1, 0.15) is 0 Å². The summed E-state index contributed by atoms with van der Waals surface area (Å²) in [6.45, 7) is 4.18. The second-order valence-electron chi connectivity index (χ2n) is 6.48. The van der Waals surface area contributed by atoms with Crippen LogP contribution in [0.2, 0.25) is 0 Å². The molecule has 0 fully saturated rings. The highest BCUT2D eigenvalue weighted by molar-refractivity contribution is 7.90. The second-order valence-corrected chi connectivity index (χ2v) is 8.49. The highest BCUT2D eigenvalue weighted by Crippen LogP contribution is 2.31. The molecular weight excluding hydrogens is 332 g/mol. The summed E-state index contributed by atoms with van der Waals surface area (Å²) in [5.74, 6) is 0. The van der Waals surface area contributed by atoms with Gasteiger partial charge in [-0.05, 0) is 49.7 Å². The molecule has 1 atom stereocenters. The first-order valence-electron chi connectivity index (χ1n) is 8.15. The van der Waals surface area contributed by atoms with Crippen LogP contribution in [0.3, 0.4) is 0 Å². The number of nitrogens with zero attached hydrogens (tertiary/aromatic N) is 2. The van der Waals surface area contributed by atoms with Gasteiger partial charge in [0.2, 0.25) is 0 Å². The van der Waals surface area contributed by atoms with E-state index in [9.17, 15) is 8.42 Å². The van der Waals surface area contributed by atoms with Crippen molar-refractivity contribution in [2.75, 3.05) is 18.2 Å². The maximum absolute atomic E-state index is 11.6. The van der Waals surface area contributed by atoms with Crippen LogP contribution in [0.15, 0.2) is 59.6 Å². The Morgan fingerprint density at radius 1 is 1.04 bits per heavy atom. The largest absolute Gasteiger partial charge is 0.367 e. The van der Waals surface area contributed by atoms with Crippen molar-refractivity contribution in [3.8, 4) is 0 Å². The van der Waals surface area contributed by atoms with Crippen LogP contribution in [-0.4, -0.2) is 26.7 Å². The number of fused-ring (bicyclic) bond motifs is 1. The quantitative estimate of drug-likeness (QED) is 0.706. The Hall–Kier alpha value is -2.40. The molecule has 3 rings (SSSR count). The third-order valence-electron chi connectivity index (χ3n) is 4.63. The molecular formula is C20H22N2O2S. The lowest BCUT2D eigenvalue weighted by Gasteiger charge is -2.28. The summed E-state index contributed by atoms with van der Waals surface area (Å²) in [4.78, 5) is 6.98. The van der Waals surface area contributed by atoms with Crippen molar-refractivity contribution in [2.24, 2.45) is 0 Å². The average molecular weight is 354 g/mol. The minimum absolute atomic E-state index is 0.0970. The predicted molar refractivity (Wildman–Crippen MR) is 103 cm³/mol. The number of sulfone groups is 1. The molecule has 1 unspecified atom stereocenters. The van der Waals surface area contributed by atoms with Crippen molar-refractivity contribution in [1.82, 2.24) is 4.98 Å². The van der Waals surface area contributed by atoms with Gasteiger partial charge in [-0.3, -0.25) is 4.98 Å². The first-order chi connectivity index (χ1) is 11.8. The minimum atomic E-state index is -3.17. The Bertz CT molecular complexity index is 1010. The summed E-state index contributed by atoms with van der Waals surface area (Å²) in [6.07, 6.45) is 3.05. The first-order valence-corrected chi connectivity index (χ1v) is 10.0. The topological polar surface area (TPSA) is 50.3 Å². The van der Waals surface area contributed by atoms with Crippen LogP contribution in [0.1, 0.15) is 24.1 Å². The van der Waals surface area contributed by atoms with E-state index < -0.39 is 9.84 Å². The van der Waals surface area contributed by atoms with E-state index >= 15 is 0 Å². The van der Waals surface area contributed by atoms with Crippen molar-refractivity contribution >= 4 is 26.4 Å². The maximum Gasteiger partial charge on any atom is 0.175 e. The van der Waals surface area contributed by atoms with E-state index in [2.05, 4.69) is 35.9 Å². The summed E-state index contributed by atoms with van der Waals surface area (Å²) in [7, 11) is -1.13. The number of hydrogen-bond donors (Lipinski definition) is 0. The Labute approximate surface area is 149 Å². The fraction of sp³-hybridized carbons (Fsp3) is 0.250. The van der Waals surface area contributed by atoms with Gasteiger partial charge < -0.3 is 4.90 Å². The van der Waals surface area contributed by atoms with Gasteiger partial charge in [-0.2, -0.15) is 0 Å². The van der Waals surface area contributed by atoms with E-state index in [-0.39, 0.29) is 6.04 Å². The molecule has 0 aliphatic carbocycles. The van der Waals surface area contributed by atoms with Gasteiger partial charge in [0.15, 0.2) is 9.84 Å². The number of aryl methyl sites for hydroxylation is 1. The average Bonchev–Trinajstić information content (AvgIpc) is 2.59. The van der Waals surface area contributed by atoms with E-state index in [4.69, 9.17) is 0 Å². The molecule has 1 aromatic heterocycles. The Morgan fingerprint density at radius 2 is 1.72 bits per heavy atom. The molecule has 0 spiro atoms. The molecule has 0 amide bonds. The van der Waals surface area contributed by atoms with Crippen LogP contribution in [-0.2, 0) is 9.84 Å². The lowest BCUT2D eigenvalue weighted by molar-refractivity contribution is 0.601. The fourth-order valence-electron chi connectivity index (χ4n) is 2.98. The molecule has 0 aliphatic rings. The molecule has 5 heteroatoms. The van der Waals surface area contributed by atoms with Gasteiger partial charge in [0.05, 0.1) is 16.5 Å². The molecule has 25 heavy (non-hydrogen) atoms. The third kappa shape index (κ3) is 3.51. The van der Waals surface area contributed by atoms with E-state index in [0.29, 0.717) is 4.90 Å². The highest BCUT2D eigenvalue weighted by Gasteiger charge is 2.16. The van der Waals surface area contributed by atoms with Crippen LogP contribution in [0.25, 0.3) is 10.9 Å². The molecule has 0 saturated carbocycles. The molecule has 0 bridgehead atoms. The van der Waals surface area contributed by atoms with Crippen molar-refractivity contribution in [1.29, 1.82) is 0 Å². The zero-order valence-electron chi connectivity index (χ0n) is 14.9. The van der Waals surface area contributed by atoms with Gasteiger partial charge >= 0.3 is 0 Å². The van der Waals surface area contributed by atoms with Crippen LogP contribution < -0.4 is 4.90 Å². The molecule has 0 aliphatic heterocycles. The van der Waals surface area contributed by atoms with Crippen molar-refractivity contribution in [2.45, 2.75) is 24.8 Å². The Balaban J connectivity index is 1.98. The zero-order valence-corrected chi connectivity index (χ0v) is 15.7.